The molecule has 1 fully saturated rings. The average molecular weight is 273 g/mol. The molecule has 5 heteroatoms. The first-order chi connectivity index (χ1) is 9.18. The van der Waals surface area contributed by atoms with Gasteiger partial charge in [-0.3, -0.25) is 4.79 Å². The van der Waals surface area contributed by atoms with Crippen LogP contribution in [0.3, 0.4) is 0 Å². The fourth-order valence-corrected chi connectivity index (χ4v) is 2.48. The first-order valence-electron chi connectivity index (χ1n) is 7.38. The van der Waals surface area contributed by atoms with E-state index in [0.29, 0.717) is 19.6 Å². The highest BCUT2D eigenvalue weighted by atomic mass is 16.7. The van der Waals surface area contributed by atoms with Crippen LogP contribution in [0.15, 0.2) is 0 Å². The standard InChI is InChI=1S/C14H27NO4/c15-9-7-5-3-1-2-4-6-8-14(12-13(16)17)18-10-11-19-14/h1-12,15H2,(H,16,17). The number of unbranched alkanes of at least 4 members (excludes halogenated alkanes) is 6. The normalized spacial score (nSPS) is 17.7. The van der Waals surface area contributed by atoms with Crippen LogP contribution in [0.4, 0.5) is 0 Å². The van der Waals surface area contributed by atoms with Crippen LogP contribution in [0, 0.1) is 0 Å². The lowest BCUT2D eigenvalue weighted by Crippen LogP contribution is -2.33. The van der Waals surface area contributed by atoms with Gasteiger partial charge in [0, 0.05) is 6.42 Å². The van der Waals surface area contributed by atoms with Crippen molar-refractivity contribution in [1.82, 2.24) is 0 Å². The molecule has 0 amide bonds. The highest BCUT2D eigenvalue weighted by Gasteiger charge is 2.38. The van der Waals surface area contributed by atoms with E-state index in [-0.39, 0.29) is 6.42 Å². The number of hydrogen-bond acceptors (Lipinski definition) is 4. The molecule has 0 spiro atoms. The molecule has 3 N–H and O–H groups in total. The molecule has 1 rings (SSSR count). The van der Waals surface area contributed by atoms with Crippen LogP contribution in [0.1, 0.15) is 57.8 Å². The Morgan fingerprint density at radius 3 is 2.05 bits per heavy atom. The summed E-state index contributed by atoms with van der Waals surface area (Å²) in [5.41, 5.74) is 5.44. The molecular formula is C14H27NO4. The molecule has 0 aliphatic carbocycles. The highest BCUT2D eigenvalue weighted by molar-refractivity contribution is 5.67. The number of hydrogen-bond donors (Lipinski definition) is 2. The molecular weight excluding hydrogens is 246 g/mol. The van der Waals surface area contributed by atoms with Gasteiger partial charge in [0.2, 0.25) is 0 Å². The van der Waals surface area contributed by atoms with E-state index in [1.807, 2.05) is 0 Å². The Labute approximate surface area is 115 Å². The summed E-state index contributed by atoms with van der Waals surface area (Å²) in [6.07, 6.45) is 8.69. The minimum Gasteiger partial charge on any atom is -0.481 e. The van der Waals surface area contributed by atoms with Gasteiger partial charge >= 0.3 is 5.97 Å². The van der Waals surface area contributed by atoms with E-state index in [4.69, 9.17) is 20.3 Å². The summed E-state index contributed by atoms with van der Waals surface area (Å²) in [5.74, 6) is -1.71. The Morgan fingerprint density at radius 1 is 1.00 bits per heavy atom. The largest absolute Gasteiger partial charge is 0.481 e. The number of ether oxygens (including phenoxy) is 2. The van der Waals surface area contributed by atoms with E-state index in [2.05, 4.69) is 0 Å². The summed E-state index contributed by atoms with van der Waals surface area (Å²) in [6, 6.07) is 0. The van der Waals surface area contributed by atoms with Gasteiger partial charge in [0.15, 0.2) is 5.79 Å². The maximum Gasteiger partial charge on any atom is 0.308 e. The maximum absolute atomic E-state index is 10.8. The van der Waals surface area contributed by atoms with Crippen molar-refractivity contribution in [1.29, 1.82) is 0 Å². The summed E-state index contributed by atoms with van der Waals surface area (Å²) >= 11 is 0. The number of carboxylic acids is 1. The van der Waals surface area contributed by atoms with Crippen LogP contribution < -0.4 is 5.73 Å². The molecule has 1 aliphatic heterocycles. The monoisotopic (exact) mass is 273 g/mol. The van der Waals surface area contributed by atoms with Crippen LogP contribution in [0.25, 0.3) is 0 Å². The first kappa shape index (κ1) is 16.4. The van der Waals surface area contributed by atoms with Gasteiger partial charge < -0.3 is 20.3 Å². The molecule has 0 unspecified atom stereocenters. The Morgan fingerprint density at radius 2 is 1.53 bits per heavy atom. The fraction of sp³-hybridized carbons (Fsp3) is 0.929. The highest BCUT2D eigenvalue weighted by Crippen LogP contribution is 2.29. The Hall–Kier alpha value is -0.650. The minimum atomic E-state index is -0.858. The zero-order chi connectivity index (χ0) is 14.0. The summed E-state index contributed by atoms with van der Waals surface area (Å²) in [7, 11) is 0. The zero-order valence-corrected chi connectivity index (χ0v) is 11.7. The number of rotatable bonds is 11. The van der Waals surface area contributed by atoms with E-state index >= 15 is 0 Å². The Balaban J connectivity index is 2.07. The van der Waals surface area contributed by atoms with Gasteiger partial charge in [0.25, 0.3) is 0 Å². The molecule has 19 heavy (non-hydrogen) atoms. The van der Waals surface area contributed by atoms with Crippen LogP contribution in [0.2, 0.25) is 0 Å². The van der Waals surface area contributed by atoms with Crippen molar-refractivity contribution in [3.05, 3.63) is 0 Å². The smallest absolute Gasteiger partial charge is 0.308 e. The van der Waals surface area contributed by atoms with Gasteiger partial charge in [0.05, 0.1) is 19.6 Å². The first-order valence-corrected chi connectivity index (χ1v) is 7.38. The lowest BCUT2D eigenvalue weighted by Gasteiger charge is -2.25. The zero-order valence-electron chi connectivity index (χ0n) is 11.7. The quantitative estimate of drug-likeness (QED) is 0.564. The number of carbonyl (C=O) groups is 1. The van der Waals surface area contributed by atoms with E-state index < -0.39 is 11.8 Å². The van der Waals surface area contributed by atoms with Gasteiger partial charge in [-0.1, -0.05) is 32.1 Å². The van der Waals surface area contributed by atoms with Crippen molar-refractivity contribution < 1.29 is 19.4 Å². The molecule has 0 aromatic heterocycles. The molecule has 0 saturated carbocycles. The molecule has 0 bridgehead atoms. The molecule has 0 aromatic rings. The average Bonchev–Trinajstić information content (AvgIpc) is 2.80. The van der Waals surface area contributed by atoms with Crippen molar-refractivity contribution in [2.45, 2.75) is 63.6 Å². The summed E-state index contributed by atoms with van der Waals surface area (Å²) in [6.45, 7) is 1.80. The van der Waals surface area contributed by atoms with Crippen molar-refractivity contribution >= 4 is 5.97 Å². The van der Waals surface area contributed by atoms with Crippen LogP contribution >= 0.6 is 0 Å². The summed E-state index contributed by atoms with van der Waals surface area (Å²) < 4.78 is 11.0. The minimum absolute atomic E-state index is 0.0521. The maximum atomic E-state index is 10.8. The number of nitrogens with two attached hydrogens (primary N) is 1. The Kier molecular flexibility index (Phi) is 8.02. The molecule has 1 aliphatic rings. The van der Waals surface area contributed by atoms with Gasteiger partial charge in [-0.15, -0.1) is 0 Å². The molecule has 1 saturated heterocycles. The van der Waals surface area contributed by atoms with Gasteiger partial charge in [-0.05, 0) is 19.4 Å². The van der Waals surface area contributed by atoms with Gasteiger partial charge in [-0.2, -0.15) is 0 Å². The van der Waals surface area contributed by atoms with Gasteiger partial charge in [0.1, 0.15) is 0 Å². The molecule has 112 valence electrons. The molecule has 0 atom stereocenters. The fourth-order valence-electron chi connectivity index (χ4n) is 2.48. The second-order valence-corrected chi connectivity index (χ2v) is 5.19. The van der Waals surface area contributed by atoms with Crippen molar-refractivity contribution in [3.8, 4) is 0 Å². The van der Waals surface area contributed by atoms with Crippen molar-refractivity contribution in [2.24, 2.45) is 5.73 Å². The number of aliphatic carboxylic acids is 1. The summed E-state index contributed by atoms with van der Waals surface area (Å²) in [4.78, 5) is 10.8. The molecule has 0 radical (unpaired) electrons. The predicted octanol–water partition coefficient (Wildman–Crippen LogP) is 2.28. The van der Waals surface area contributed by atoms with E-state index in [1.165, 1.54) is 25.7 Å². The lowest BCUT2D eigenvalue weighted by molar-refractivity contribution is -0.182. The van der Waals surface area contributed by atoms with E-state index in [1.54, 1.807) is 0 Å². The van der Waals surface area contributed by atoms with Crippen LogP contribution in [-0.4, -0.2) is 36.6 Å². The third kappa shape index (κ3) is 6.89. The molecule has 5 nitrogen and oxygen atoms in total. The van der Waals surface area contributed by atoms with Crippen LogP contribution in [-0.2, 0) is 14.3 Å². The molecule has 1 heterocycles. The Bertz CT molecular complexity index is 252. The van der Waals surface area contributed by atoms with Crippen molar-refractivity contribution in [3.63, 3.8) is 0 Å². The van der Waals surface area contributed by atoms with Crippen molar-refractivity contribution in [2.75, 3.05) is 19.8 Å². The third-order valence-electron chi connectivity index (χ3n) is 3.50. The van der Waals surface area contributed by atoms with E-state index in [9.17, 15) is 4.79 Å². The van der Waals surface area contributed by atoms with E-state index in [0.717, 1.165) is 25.8 Å². The third-order valence-corrected chi connectivity index (χ3v) is 3.50. The molecule has 0 aromatic carbocycles. The SMILES string of the molecule is NCCCCCCCCCC1(CC(=O)O)OCCO1. The topological polar surface area (TPSA) is 81.8 Å². The second-order valence-electron chi connectivity index (χ2n) is 5.19. The second kappa shape index (κ2) is 9.28. The lowest BCUT2D eigenvalue weighted by atomic mass is 10.0. The van der Waals surface area contributed by atoms with Gasteiger partial charge in [-0.25, -0.2) is 0 Å². The number of carboxylic acid groups (broad SMARTS) is 1. The predicted molar refractivity (Wildman–Crippen MR) is 72.9 cm³/mol. The van der Waals surface area contributed by atoms with Crippen LogP contribution in [0.5, 0.6) is 0 Å². The summed E-state index contributed by atoms with van der Waals surface area (Å²) in [5, 5.41) is 8.89.